The van der Waals surface area contributed by atoms with Gasteiger partial charge >= 0.3 is 5.97 Å². The maximum Gasteiger partial charge on any atom is 0.305 e. The van der Waals surface area contributed by atoms with Crippen molar-refractivity contribution in [3.05, 3.63) is 21.9 Å². The average molecular weight is 257 g/mol. The summed E-state index contributed by atoms with van der Waals surface area (Å²) in [6.07, 6.45) is -0.146. The number of hydrogen-bond donors (Lipinski definition) is 4. The Kier molecular flexibility index (Phi) is 4.61. The Morgan fingerprint density at radius 3 is 2.35 bits per heavy atom. The highest BCUT2D eigenvalue weighted by atomic mass is 32.1. The first-order chi connectivity index (χ1) is 8.04. The van der Waals surface area contributed by atoms with E-state index in [1.807, 2.05) is 5.43 Å². The number of nitrogens with two attached hydrogens (primary N) is 1. The first kappa shape index (κ1) is 13.1. The Balaban J connectivity index is 2.55. The number of hydrogen-bond acceptors (Lipinski definition) is 5. The van der Waals surface area contributed by atoms with E-state index in [0.717, 1.165) is 11.3 Å². The zero-order valence-corrected chi connectivity index (χ0v) is 9.54. The molecule has 0 aliphatic rings. The third kappa shape index (κ3) is 3.85. The number of carbonyl (C=O) groups is 3. The lowest BCUT2D eigenvalue weighted by atomic mass is 10.4. The third-order valence-electron chi connectivity index (χ3n) is 1.81. The summed E-state index contributed by atoms with van der Waals surface area (Å²) in [6, 6.07) is 2.95. The number of rotatable bonds is 5. The normalized spacial score (nSPS) is 9.71. The van der Waals surface area contributed by atoms with Gasteiger partial charge in [0.25, 0.3) is 11.8 Å². The molecule has 5 N–H and O–H groups in total. The van der Waals surface area contributed by atoms with E-state index in [-0.39, 0.29) is 13.0 Å². The zero-order chi connectivity index (χ0) is 12.8. The van der Waals surface area contributed by atoms with Crippen LogP contribution in [0.1, 0.15) is 25.8 Å². The van der Waals surface area contributed by atoms with Crippen LogP contribution >= 0.6 is 11.3 Å². The van der Waals surface area contributed by atoms with Crippen LogP contribution in [0.4, 0.5) is 0 Å². The van der Waals surface area contributed by atoms with E-state index in [0.29, 0.717) is 9.75 Å². The van der Waals surface area contributed by atoms with Crippen LogP contribution < -0.4 is 16.6 Å². The summed E-state index contributed by atoms with van der Waals surface area (Å²) in [5.41, 5.74) is 1.95. The van der Waals surface area contributed by atoms with Crippen molar-refractivity contribution in [2.45, 2.75) is 6.42 Å². The molecule has 0 saturated carbocycles. The first-order valence-corrected chi connectivity index (χ1v) is 5.47. The second kappa shape index (κ2) is 5.97. The van der Waals surface area contributed by atoms with Crippen LogP contribution in [0, 0.1) is 0 Å². The molecule has 8 heteroatoms. The molecule has 17 heavy (non-hydrogen) atoms. The minimum Gasteiger partial charge on any atom is -0.481 e. The summed E-state index contributed by atoms with van der Waals surface area (Å²) >= 11 is 0.981. The highest BCUT2D eigenvalue weighted by molar-refractivity contribution is 7.15. The standard InChI is InChI=1S/C9H11N3O4S/c10-12-9(16)6-2-1-5(17-6)8(15)11-4-3-7(13)14/h1-2H,3-4,10H2,(H,11,15)(H,12,16)(H,13,14). The molecule has 0 aliphatic heterocycles. The number of nitrogen functional groups attached to an aromatic ring is 1. The van der Waals surface area contributed by atoms with Gasteiger partial charge in [0.15, 0.2) is 0 Å². The summed E-state index contributed by atoms with van der Waals surface area (Å²) in [5.74, 6) is 3.08. The summed E-state index contributed by atoms with van der Waals surface area (Å²) in [5, 5.41) is 10.8. The van der Waals surface area contributed by atoms with Crippen LogP contribution in [0.5, 0.6) is 0 Å². The van der Waals surface area contributed by atoms with Gasteiger partial charge in [0, 0.05) is 6.54 Å². The van der Waals surface area contributed by atoms with Gasteiger partial charge in [-0.05, 0) is 12.1 Å². The lowest BCUT2D eigenvalue weighted by Crippen LogP contribution is -2.29. The smallest absolute Gasteiger partial charge is 0.305 e. The molecule has 1 aromatic heterocycles. The maximum atomic E-state index is 11.5. The number of aliphatic carboxylic acids is 1. The molecule has 7 nitrogen and oxygen atoms in total. The zero-order valence-electron chi connectivity index (χ0n) is 8.73. The minimum absolute atomic E-state index is 0.0461. The molecule has 0 spiro atoms. The molecule has 1 rings (SSSR count). The Labute approximate surface area is 101 Å². The predicted molar refractivity (Wildman–Crippen MR) is 60.6 cm³/mol. The number of nitrogens with one attached hydrogen (secondary N) is 2. The fourth-order valence-corrected chi connectivity index (χ4v) is 1.85. The third-order valence-corrected chi connectivity index (χ3v) is 2.89. The van der Waals surface area contributed by atoms with Crippen LogP contribution in [0.15, 0.2) is 12.1 Å². The van der Waals surface area contributed by atoms with Crippen LogP contribution in [0.3, 0.4) is 0 Å². The quantitative estimate of drug-likeness (QED) is 0.323. The molecular weight excluding hydrogens is 246 g/mol. The highest BCUT2D eigenvalue weighted by Gasteiger charge is 2.12. The number of carboxylic acids is 1. The second-order valence-corrected chi connectivity index (χ2v) is 4.12. The molecule has 0 saturated heterocycles. The van der Waals surface area contributed by atoms with Gasteiger partial charge in [-0.3, -0.25) is 19.8 Å². The van der Waals surface area contributed by atoms with Crippen LogP contribution in [-0.4, -0.2) is 29.4 Å². The van der Waals surface area contributed by atoms with Crippen LogP contribution in [0.25, 0.3) is 0 Å². The molecule has 0 unspecified atom stereocenters. The fraction of sp³-hybridized carbons (Fsp3) is 0.222. The monoisotopic (exact) mass is 257 g/mol. The lowest BCUT2D eigenvalue weighted by molar-refractivity contribution is -0.136. The van der Waals surface area contributed by atoms with Crippen molar-refractivity contribution in [3.8, 4) is 0 Å². The topological polar surface area (TPSA) is 122 Å². The van der Waals surface area contributed by atoms with Crippen molar-refractivity contribution < 1.29 is 19.5 Å². The fourth-order valence-electron chi connectivity index (χ4n) is 1.02. The van der Waals surface area contributed by atoms with Gasteiger partial charge in [0.1, 0.15) is 0 Å². The van der Waals surface area contributed by atoms with Crippen molar-refractivity contribution in [2.24, 2.45) is 5.84 Å². The molecule has 92 valence electrons. The summed E-state index contributed by atoms with van der Waals surface area (Å²) in [4.78, 5) is 33.5. The van der Waals surface area contributed by atoms with Crippen molar-refractivity contribution >= 4 is 29.1 Å². The van der Waals surface area contributed by atoms with E-state index in [1.165, 1.54) is 12.1 Å². The SMILES string of the molecule is NNC(=O)c1ccc(C(=O)NCCC(=O)O)s1. The molecule has 2 amide bonds. The van der Waals surface area contributed by atoms with Crippen molar-refractivity contribution in [2.75, 3.05) is 6.54 Å². The van der Waals surface area contributed by atoms with Crippen LogP contribution in [0.2, 0.25) is 0 Å². The van der Waals surface area contributed by atoms with Crippen molar-refractivity contribution in [3.63, 3.8) is 0 Å². The van der Waals surface area contributed by atoms with E-state index >= 15 is 0 Å². The van der Waals surface area contributed by atoms with E-state index in [9.17, 15) is 14.4 Å². The van der Waals surface area contributed by atoms with Crippen molar-refractivity contribution in [1.82, 2.24) is 10.7 Å². The number of thiophene rings is 1. The Morgan fingerprint density at radius 2 is 1.82 bits per heavy atom. The van der Waals surface area contributed by atoms with E-state index in [1.54, 1.807) is 0 Å². The van der Waals surface area contributed by atoms with Gasteiger partial charge in [-0.15, -0.1) is 11.3 Å². The van der Waals surface area contributed by atoms with Crippen molar-refractivity contribution in [1.29, 1.82) is 0 Å². The minimum atomic E-state index is -0.986. The molecule has 0 aliphatic carbocycles. The largest absolute Gasteiger partial charge is 0.481 e. The molecule has 0 fully saturated rings. The van der Waals surface area contributed by atoms with Gasteiger partial charge in [0.05, 0.1) is 16.2 Å². The Morgan fingerprint density at radius 1 is 1.24 bits per heavy atom. The van der Waals surface area contributed by atoms with Gasteiger partial charge in [-0.2, -0.15) is 0 Å². The molecule has 0 bridgehead atoms. The van der Waals surface area contributed by atoms with E-state index in [4.69, 9.17) is 10.9 Å². The molecule has 0 atom stereocenters. The highest BCUT2D eigenvalue weighted by Crippen LogP contribution is 2.15. The molecule has 0 radical (unpaired) electrons. The van der Waals surface area contributed by atoms with Gasteiger partial charge in [0.2, 0.25) is 0 Å². The second-order valence-electron chi connectivity index (χ2n) is 3.04. The van der Waals surface area contributed by atoms with Gasteiger partial charge < -0.3 is 10.4 Å². The summed E-state index contributed by atoms with van der Waals surface area (Å²) in [6.45, 7) is 0.0461. The number of hydrazine groups is 1. The van der Waals surface area contributed by atoms with Gasteiger partial charge in [-0.25, -0.2) is 5.84 Å². The Hall–Kier alpha value is -1.93. The van der Waals surface area contributed by atoms with Crippen LogP contribution in [-0.2, 0) is 4.79 Å². The molecular formula is C9H11N3O4S. The van der Waals surface area contributed by atoms with E-state index in [2.05, 4.69) is 5.32 Å². The summed E-state index contributed by atoms with van der Waals surface area (Å²) < 4.78 is 0. The molecule has 1 heterocycles. The molecule has 0 aromatic carbocycles. The molecule has 1 aromatic rings. The maximum absolute atomic E-state index is 11.5. The lowest BCUT2D eigenvalue weighted by Gasteiger charge is -2.00. The number of amides is 2. The van der Waals surface area contributed by atoms with Gasteiger partial charge in [-0.1, -0.05) is 0 Å². The Bertz CT molecular complexity index is 443. The average Bonchev–Trinajstić information content (AvgIpc) is 2.76. The number of carboxylic acid groups (broad SMARTS) is 1. The summed E-state index contributed by atoms with van der Waals surface area (Å²) in [7, 11) is 0. The predicted octanol–water partition coefficient (Wildman–Crippen LogP) is -0.444. The number of carbonyl (C=O) groups excluding carboxylic acids is 2. The van der Waals surface area contributed by atoms with E-state index < -0.39 is 17.8 Å². The first-order valence-electron chi connectivity index (χ1n) is 4.65.